The fourth-order valence-electron chi connectivity index (χ4n) is 3.91. The van der Waals surface area contributed by atoms with Gasteiger partial charge in [-0.1, -0.05) is 30.3 Å². The zero-order valence-electron chi connectivity index (χ0n) is 14.6. The molecule has 1 fully saturated rings. The van der Waals surface area contributed by atoms with Gasteiger partial charge in [-0.25, -0.2) is 9.97 Å². The van der Waals surface area contributed by atoms with Crippen molar-refractivity contribution in [2.75, 3.05) is 4.90 Å². The predicted octanol–water partition coefficient (Wildman–Crippen LogP) is 4.70. The summed E-state index contributed by atoms with van der Waals surface area (Å²) in [5, 5.41) is 0. The molecule has 0 radical (unpaired) electrons. The third kappa shape index (κ3) is 2.56. The van der Waals surface area contributed by atoms with Crippen LogP contribution < -0.4 is 4.90 Å². The van der Waals surface area contributed by atoms with Crippen molar-refractivity contribution >= 4 is 16.9 Å². The van der Waals surface area contributed by atoms with E-state index in [2.05, 4.69) is 59.0 Å². The van der Waals surface area contributed by atoms with Gasteiger partial charge in [0.2, 0.25) is 0 Å². The molecule has 1 aliphatic rings. The summed E-state index contributed by atoms with van der Waals surface area (Å²) in [4.78, 5) is 15.5. The number of fused-ring (bicyclic) bond motifs is 1. The van der Waals surface area contributed by atoms with Crippen LogP contribution in [0.5, 0.6) is 0 Å². The van der Waals surface area contributed by atoms with Gasteiger partial charge in [-0.05, 0) is 51.7 Å². The minimum atomic E-state index is 0.509. The van der Waals surface area contributed by atoms with Gasteiger partial charge in [0.15, 0.2) is 5.82 Å². The molecule has 0 amide bonds. The summed E-state index contributed by atoms with van der Waals surface area (Å²) < 4.78 is 0. The van der Waals surface area contributed by atoms with Crippen LogP contribution in [0.25, 0.3) is 22.3 Å². The number of rotatable bonds is 2. The number of aryl methyl sites for hydroxylation is 1. The molecule has 4 rings (SSSR count). The summed E-state index contributed by atoms with van der Waals surface area (Å²) >= 11 is 0. The predicted molar refractivity (Wildman–Crippen MR) is 99.3 cm³/mol. The van der Waals surface area contributed by atoms with Crippen LogP contribution in [0.2, 0.25) is 0 Å². The van der Waals surface area contributed by atoms with Crippen molar-refractivity contribution < 1.29 is 0 Å². The van der Waals surface area contributed by atoms with Gasteiger partial charge in [0.1, 0.15) is 11.3 Å². The first-order valence-electron chi connectivity index (χ1n) is 8.84. The molecule has 3 aromatic rings. The first kappa shape index (κ1) is 15.2. The Kier molecular flexibility index (Phi) is 3.75. The highest BCUT2D eigenvalue weighted by Crippen LogP contribution is 2.34. The quantitative estimate of drug-likeness (QED) is 0.744. The van der Waals surface area contributed by atoms with Crippen molar-refractivity contribution in [1.82, 2.24) is 15.0 Å². The number of nitrogens with zero attached hydrogens (tertiary/aromatic N) is 3. The van der Waals surface area contributed by atoms with Crippen LogP contribution in [-0.4, -0.2) is 27.0 Å². The van der Waals surface area contributed by atoms with Gasteiger partial charge in [-0.2, -0.15) is 0 Å². The molecule has 0 saturated carbocycles. The van der Waals surface area contributed by atoms with E-state index < -0.39 is 0 Å². The summed E-state index contributed by atoms with van der Waals surface area (Å²) in [6.07, 6.45) is 3.74. The van der Waals surface area contributed by atoms with Crippen molar-refractivity contribution in [3.05, 3.63) is 42.2 Å². The summed E-state index contributed by atoms with van der Waals surface area (Å²) in [5.74, 6) is 1.89. The topological polar surface area (TPSA) is 44.8 Å². The molecule has 1 aromatic carbocycles. The number of H-pyrrole nitrogens is 1. The Morgan fingerprint density at radius 3 is 2.46 bits per heavy atom. The van der Waals surface area contributed by atoms with Gasteiger partial charge in [0.25, 0.3) is 0 Å². The third-order valence-electron chi connectivity index (χ3n) is 5.09. The molecule has 1 N–H and O–H groups in total. The highest BCUT2D eigenvalue weighted by Gasteiger charge is 2.28. The molecule has 4 nitrogen and oxygen atoms in total. The fraction of sp³-hybridized carbons (Fsp3) is 0.400. The highest BCUT2D eigenvalue weighted by molar-refractivity contribution is 5.91. The van der Waals surface area contributed by atoms with Crippen molar-refractivity contribution in [3.8, 4) is 11.3 Å². The highest BCUT2D eigenvalue weighted by atomic mass is 15.3. The van der Waals surface area contributed by atoms with Crippen LogP contribution >= 0.6 is 0 Å². The first-order valence-corrected chi connectivity index (χ1v) is 8.84. The number of aromatic amines is 1. The molecule has 1 saturated heterocycles. The fourth-order valence-corrected chi connectivity index (χ4v) is 3.91. The number of aromatic nitrogens is 3. The molecule has 0 aliphatic carbocycles. The van der Waals surface area contributed by atoms with E-state index in [9.17, 15) is 0 Å². The standard InChI is InChI=1S/C20H24N4/c1-13-8-7-9-14(2)24(13)20-19-18(21-15(3)22-20)12-17(23-19)16-10-5-4-6-11-16/h4-6,10-14,23H,7-9H2,1-3H3. The molecule has 2 unspecified atom stereocenters. The third-order valence-corrected chi connectivity index (χ3v) is 5.09. The zero-order chi connectivity index (χ0) is 16.7. The van der Waals surface area contributed by atoms with Gasteiger partial charge in [0.05, 0.1) is 5.52 Å². The van der Waals surface area contributed by atoms with Crippen LogP contribution in [0.1, 0.15) is 38.9 Å². The normalized spacial score (nSPS) is 21.4. The van der Waals surface area contributed by atoms with E-state index >= 15 is 0 Å². The van der Waals surface area contributed by atoms with Crippen LogP contribution in [0.3, 0.4) is 0 Å². The number of hydrogen-bond donors (Lipinski definition) is 1. The van der Waals surface area contributed by atoms with Crippen molar-refractivity contribution in [2.24, 2.45) is 0 Å². The molecular formula is C20H24N4. The molecule has 4 heteroatoms. The molecule has 1 aliphatic heterocycles. The molecule has 3 heterocycles. The van der Waals surface area contributed by atoms with Gasteiger partial charge < -0.3 is 9.88 Å². The number of benzene rings is 1. The average molecular weight is 320 g/mol. The van der Waals surface area contributed by atoms with Gasteiger partial charge in [-0.15, -0.1) is 0 Å². The molecule has 2 aromatic heterocycles. The minimum absolute atomic E-state index is 0.509. The zero-order valence-corrected chi connectivity index (χ0v) is 14.6. The maximum atomic E-state index is 4.82. The summed E-state index contributed by atoms with van der Waals surface area (Å²) in [5.41, 5.74) is 4.34. The number of anilines is 1. The second-order valence-electron chi connectivity index (χ2n) is 6.94. The maximum Gasteiger partial charge on any atom is 0.157 e. The van der Waals surface area contributed by atoms with Crippen LogP contribution in [0.4, 0.5) is 5.82 Å². The molecule has 124 valence electrons. The number of hydrogen-bond acceptors (Lipinski definition) is 3. The molecule has 0 spiro atoms. The van der Waals surface area contributed by atoms with Crippen molar-refractivity contribution in [1.29, 1.82) is 0 Å². The Morgan fingerprint density at radius 1 is 1.04 bits per heavy atom. The lowest BCUT2D eigenvalue weighted by molar-refractivity contribution is 0.412. The molecule has 24 heavy (non-hydrogen) atoms. The lowest BCUT2D eigenvalue weighted by Crippen LogP contribution is -2.44. The summed E-state index contributed by atoms with van der Waals surface area (Å²) in [6.45, 7) is 6.59. The molecule has 2 atom stereocenters. The van der Waals surface area contributed by atoms with Crippen LogP contribution in [0.15, 0.2) is 36.4 Å². The summed E-state index contributed by atoms with van der Waals surface area (Å²) in [6, 6.07) is 13.6. The molecular weight excluding hydrogens is 296 g/mol. The largest absolute Gasteiger partial charge is 0.350 e. The monoisotopic (exact) mass is 320 g/mol. The Bertz CT molecular complexity index is 843. The van der Waals surface area contributed by atoms with Crippen LogP contribution in [0, 0.1) is 6.92 Å². The Labute approximate surface area is 142 Å². The van der Waals surface area contributed by atoms with Gasteiger partial charge >= 0.3 is 0 Å². The van der Waals surface area contributed by atoms with Gasteiger partial charge in [-0.3, -0.25) is 0 Å². The average Bonchev–Trinajstić information content (AvgIpc) is 2.99. The summed E-state index contributed by atoms with van der Waals surface area (Å²) in [7, 11) is 0. The number of piperidine rings is 1. The second kappa shape index (κ2) is 5.93. The Hall–Kier alpha value is -2.36. The minimum Gasteiger partial charge on any atom is -0.350 e. The Balaban J connectivity index is 1.87. The first-order chi connectivity index (χ1) is 11.6. The van der Waals surface area contributed by atoms with Crippen LogP contribution in [-0.2, 0) is 0 Å². The lowest BCUT2D eigenvalue weighted by atomic mass is 9.97. The maximum absolute atomic E-state index is 4.82. The van der Waals surface area contributed by atoms with E-state index in [0.29, 0.717) is 12.1 Å². The second-order valence-corrected chi connectivity index (χ2v) is 6.94. The van der Waals surface area contributed by atoms with E-state index in [1.165, 1.54) is 24.8 Å². The van der Waals surface area contributed by atoms with Crippen molar-refractivity contribution in [3.63, 3.8) is 0 Å². The van der Waals surface area contributed by atoms with E-state index in [0.717, 1.165) is 28.4 Å². The van der Waals surface area contributed by atoms with E-state index in [1.807, 2.05) is 13.0 Å². The smallest absolute Gasteiger partial charge is 0.157 e. The van der Waals surface area contributed by atoms with Crippen molar-refractivity contribution in [2.45, 2.75) is 52.1 Å². The van der Waals surface area contributed by atoms with E-state index in [4.69, 9.17) is 4.98 Å². The lowest BCUT2D eigenvalue weighted by Gasteiger charge is -2.40. The number of nitrogens with one attached hydrogen (secondary N) is 1. The Morgan fingerprint density at radius 2 is 1.75 bits per heavy atom. The molecule has 0 bridgehead atoms. The van der Waals surface area contributed by atoms with Gasteiger partial charge in [0, 0.05) is 17.8 Å². The van der Waals surface area contributed by atoms with E-state index in [-0.39, 0.29) is 0 Å². The SMILES string of the molecule is Cc1nc(N2C(C)CCCC2C)c2[nH]c(-c3ccccc3)cc2n1. The van der Waals surface area contributed by atoms with E-state index in [1.54, 1.807) is 0 Å².